The van der Waals surface area contributed by atoms with E-state index in [9.17, 15) is 4.79 Å². The smallest absolute Gasteiger partial charge is 0.259 e. The largest absolute Gasteiger partial charge is 0.298 e. The van der Waals surface area contributed by atoms with Crippen LogP contribution < -0.4 is 5.56 Å². The van der Waals surface area contributed by atoms with E-state index in [0.717, 1.165) is 28.8 Å². The number of aromatic nitrogens is 2. The second kappa shape index (κ2) is 4.72. The normalized spacial score (nSPS) is 17.3. The molecule has 0 amide bonds. The van der Waals surface area contributed by atoms with E-state index in [1.54, 1.807) is 10.5 Å². The lowest BCUT2D eigenvalue weighted by atomic mass is 10.2. The van der Waals surface area contributed by atoms with Crippen molar-refractivity contribution < 1.29 is 0 Å². The molecule has 1 fully saturated rings. The molecule has 2 aromatic rings. The van der Waals surface area contributed by atoms with Gasteiger partial charge < -0.3 is 0 Å². The van der Waals surface area contributed by atoms with E-state index in [1.165, 1.54) is 24.2 Å². The Labute approximate surface area is 116 Å². The van der Waals surface area contributed by atoms with Gasteiger partial charge in [-0.25, -0.2) is 4.98 Å². The fourth-order valence-electron chi connectivity index (χ4n) is 2.52. The molecule has 5 heteroatoms. The molecule has 0 saturated heterocycles. The Bertz CT molecular complexity index is 656. The number of hydrogen-bond acceptors (Lipinski definition) is 4. The third-order valence-corrected chi connectivity index (χ3v) is 4.98. The third-order valence-electron chi connectivity index (χ3n) is 4.04. The fourth-order valence-corrected chi connectivity index (χ4v) is 3.41. The van der Waals surface area contributed by atoms with Crippen LogP contribution in [-0.4, -0.2) is 27.4 Å². The molecule has 1 atom stereocenters. The van der Waals surface area contributed by atoms with E-state index in [2.05, 4.69) is 23.9 Å². The van der Waals surface area contributed by atoms with Crippen molar-refractivity contribution >= 4 is 16.3 Å². The number of aryl methyl sites for hydroxylation is 1. The Morgan fingerprint density at radius 1 is 1.58 bits per heavy atom. The van der Waals surface area contributed by atoms with Gasteiger partial charge in [0.15, 0.2) is 4.96 Å². The lowest BCUT2D eigenvalue weighted by Gasteiger charge is -2.23. The van der Waals surface area contributed by atoms with Gasteiger partial charge in [0.1, 0.15) is 0 Å². The highest BCUT2D eigenvalue weighted by Gasteiger charge is 2.30. The van der Waals surface area contributed by atoms with E-state index in [-0.39, 0.29) is 5.56 Å². The third kappa shape index (κ3) is 2.44. The zero-order valence-corrected chi connectivity index (χ0v) is 12.4. The number of hydrogen-bond donors (Lipinski definition) is 0. The predicted molar refractivity (Wildman–Crippen MR) is 77.7 cm³/mol. The molecule has 1 aliphatic carbocycles. The van der Waals surface area contributed by atoms with Gasteiger partial charge in [0.2, 0.25) is 0 Å². The molecule has 0 bridgehead atoms. The second-order valence-corrected chi connectivity index (χ2v) is 6.41. The lowest BCUT2D eigenvalue weighted by molar-refractivity contribution is 0.224. The predicted octanol–water partition coefficient (Wildman–Crippen LogP) is 2.29. The van der Waals surface area contributed by atoms with Gasteiger partial charge in [-0.3, -0.25) is 14.1 Å². The molecule has 19 heavy (non-hydrogen) atoms. The maximum absolute atomic E-state index is 12.1. The molecular formula is C14H19N3OS. The minimum Gasteiger partial charge on any atom is -0.298 e. The van der Waals surface area contributed by atoms with Crippen LogP contribution in [0.1, 0.15) is 31.2 Å². The first-order valence-electron chi connectivity index (χ1n) is 6.73. The molecular weight excluding hydrogens is 258 g/mol. The summed E-state index contributed by atoms with van der Waals surface area (Å²) in [5, 5.41) is 1.98. The topological polar surface area (TPSA) is 37.6 Å². The van der Waals surface area contributed by atoms with Gasteiger partial charge in [0, 0.05) is 29.7 Å². The van der Waals surface area contributed by atoms with Gasteiger partial charge in [0.25, 0.3) is 5.56 Å². The molecule has 0 aromatic carbocycles. The Balaban J connectivity index is 1.86. The Kier molecular flexibility index (Phi) is 3.19. The van der Waals surface area contributed by atoms with E-state index >= 15 is 0 Å². The number of rotatable bonds is 4. The summed E-state index contributed by atoms with van der Waals surface area (Å²) in [6.45, 7) is 4.95. The summed E-state index contributed by atoms with van der Waals surface area (Å²) < 4.78 is 1.68. The van der Waals surface area contributed by atoms with Crippen molar-refractivity contribution in [2.45, 2.75) is 39.3 Å². The van der Waals surface area contributed by atoms with Crippen molar-refractivity contribution in [3.8, 4) is 0 Å². The van der Waals surface area contributed by atoms with Gasteiger partial charge in [-0.05, 0) is 39.7 Å². The van der Waals surface area contributed by atoms with E-state index in [4.69, 9.17) is 0 Å². The van der Waals surface area contributed by atoms with Crippen molar-refractivity contribution in [2.24, 2.45) is 5.92 Å². The molecule has 0 aliphatic heterocycles. The molecule has 0 N–H and O–H groups in total. The van der Waals surface area contributed by atoms with Crippen LogP contribution in [0, 0.1) is 12.8 Å². The summed E-state index contributed by atoms with van der Waals surface area (Å²) in [4.78, 5) is 19.8. The molecule has 2 aromatic heterocycles. The number of fused-ring (bicyclic) bond motifs is 1. The minimum absolute atomic E-state index is 0.0335. The standard InChI is InChI=1S/C14H19N3OS/c1-9-8-19-14-15-12(6-13(18)17(9)14)7-16(3)10(2)11-4-5-11/h6,8,10-11H,4-5,7H2,1-3H3/t10-/m1/s1. The minimum atomic E-state index is 0.0335. The zero-order valence-electron chi connectivity index (χ0n) is 11.6. The van der Waals surface area contributed by atoms with Gasteiger partial charge in [0.05, 0.1) is 5.69 Å². The van der Waals surface area contributed by atoms with Gasteiger partial charge >= 0.3 is 0 Å². The zero-order chi connectivity index (χ0) is 13.6. The first kappa shape index (κ1) is 12.8. The maximum Gasteiger partial charge on any atom is 0.259 e. The molecule has 4 nitrogen and oxygen atoms in total. The van der Waals surface area contributed by atoms with Crippen LogP contribution in [0.4, 0.5) is 0 Å². The Hall–Kier alpha value is -1.20. The van der Waals surface area contributed by atoms with Crippen LogP contribution in [0.3, 0.4) is 0 Å². The van der Waals surface area contributed by atoms with Crippen LogP contribution in [0.5, 0.6) is 0 Å². The summed E-state index contributed by atoms with van der Waals surface area (Å²) in [6, 6.07) is 2.24. The lowest BCUT2D eigenvalue weighted by Crippen LogP contribution is -2.31. The Morgan fingerprint density at radius 2 is 2.32 bits per heavy atom. The molecule has 0 unspecified atom stereocenters. The summed E-state index contributed by atoms with van der Waals surface area (Å²) >= 11 is 1.53. The first-order valence-corrected chi connectivity index (χ1v) is 7.61. The highest BCUT2D eigenvalue weighted by atomic mass is 32.1. The molecule has 102 valence electrons. The summed E-state index contributed by atoms with van der Waals surface area (Å²) in [6.07, 6.45) is 2.68. The van der Waals surface area contributed by atoms with Crippen LogP contribution in [0.15, 0.2) is 16.2 Å². The van der Waals surface area contributed by atoms with Crippen LogP contribution >= 0.6 is 11.3 Å². The van der Waals surface area contributed by atoms with Gasteiger partial charge in [-0.1, -0.05) is 0 Å². The summed E-state index contributed by atoms with van der Waals surface area (Å²) in [5.41, 5.74) is 1.87. The van der Waals surface area contributed by atoms with Crippen LogP contribution in [0.25, 0.3) is 4.96 Å². The van der Waals surface area contributed by atoms with Gasteiger partial charge in [-0.15, -0.1) is 11.3 Å². The molecule has 0 spiro atoms. The second-order valence-electron chi connectivity index (χ2n) is 5.57. The summed E-state index contributed by atoms with van der Waals surface area (Å²) in [7, 11) is 2.12. The molecule has 2 heterocycles. The van der Waals surface area contributed by atoms with Crippen LogP contribution in [0.2, 0.25) is 0 Å². The molecule has 0 radical (unpaired) electrons. The molecule has 1 saturated carbocycles. The molecule has 3 rings (SSSR count). The van der Waals surface area contributed by atoms with Crippen molar-refractivity contribution in [3.05, 3.63) is 33.2 Å². The van der Waals surface area contributed by atoms with E-state index < -0.39 is 0 Å². The Morgan fingerprint density at radius 3 is 3.00 bits per heavy atom. The van der Waals surface area contributed by atoms with Crippen molar-refractivity contribution in [1.29, 1.82) is 0 Å². The molecule has 1 aliphatic rings. The van der Waals surface area contributed by atoms with Crippen molar-refractivity contribution in [3.63, 3.8) is 0 Å². The fraction of sp³-hybridized carbons (Fsp3) is 0.571. The number of nitrogens with zero attached hydrogens (tertiary/aromatic N) is 3. The highest BCUT2D eigenvalue weighted by Crippen LogP contribution is 2.34. The quantitative estimate of drug-likeness (QED) is 0.860. The maximum atomic E-state index is 12.1. The average molecular weight is 277 g/mol. The van der Waals surface area contributed by atoms with Crippen LogP contribution in [-0.2, 0) is 6.54 Å². The first-order chi connectivity index (χ1) is 9.06. The van der Waals surface area contributed by atoms with E-state index in [0.29, 0.717) is 6.04 Å². The van der Waals surface area contributed by atoms with E-state index in [1.807, 2.05) is 12.3 Å². The van der Waals surface area contributed by atoms with Crippen molar-refractivity contribution in [2.75, 3.05) is 7.05 Å². The SMILES string of the molecule is Cc1csc2nc(CN(C)[C@H](C)C3CC3)cc(=O)n12. The average Bonchev–Trinajstić information content (AvgIpc) is 3.13. The number of thiazole rings is 1. The van der Waals surface area contributed by atoms with Gasteiger partial charge in [-0.2, -0.15) is 0 Å². The summed E-state index contributed by atoms with van der Waals surface area (Å²) in [5.74, 6) is 0.832. The highest BCUT2D eigenvalue weighted by molar-refractivity contribution is 7.15. The van der Waals surface area contributed by atoms with Crippen molar-refractivity contribution in [1.82, 2.24) is 14.3 Å². The monoisotopic (exact) mass is 277 g/mol.